The molecule has 0 aromatic heterocycles. The normalized spacial score (nSPS) is 15.1. The van der Waals surface area contributed by atoms with Crippen LogP contribution in [0.5, 0.6) is 0 Å². The highest BCUT2D eigenvalue weighted by atomic mass is 19.1. The molecular formula is C22H27FN4O2. The minimum atomic E-state index is -0.332. The Morgan fingerprint density at radius 2 is 1.41 bits per heavy atom. The van der Waals surface area contributed by atoms with Gasteiger partial charge in [-0.2, -0.15) is 0 Å². The number of nitrogens with one attached hydrogen (secondary N) is 2. The second kappa shape index (κ2) is 10.1. The zero-order valence-corrected chi connectivity index (χ0v) is 16.7. The first-order valence-corrected chi connectivity index (χ1v) is 9.91. The van der Waals surface area contributed by atoms with Gasteiger partial charge in [0.15, 0.2) is 0 Å². The summed E-state index contributed by atoms with van der Waals surface area (Å²) in [6, 6.07) is 13.6. The van der Waals surface area contributed by atoms with Crippen molar-refractivity contribution >= 4 is 23.2 Å². The second-order valence-corrected chi connectivity index (χ2v) is 7.21. The average Bonchev–Trinajstić information content (AvgIpc) is 2.71. The van der Waals surface area contributed by atoms with Crippen LogP contribution in [-0.2, 0) is 16.0 Å². The van der Waals surface area contributed by atoms with Gasteiger partial charge in [0.1, 0.15) is 5.82 Å². The van der Waals surface area contributed by atoms with Crippen molar-refractivity contribution in [1.29, 1.82) is 0 Å². The predicted octanol–water partition coefficient (Wildman–Crippen LogP) is 2.58. The van der Waals surface area contributed by atoms with Crippen LogP contribution in [0.1, 0.15) is 12.5 Å². The quantitative estimate of drug-likeness (QED) is 0.753. The zero-order valence-electron chi connectivity index (χ0n) is 16.7. The Kier molecular flexibility index (Phi) is 7.32. The van der Waals surface area contributed by atoms with E-state index in [1.54, 1.807) is 12.1 Å². The molecule has 1 saturated heterocycles. The molecule has 2 aromatic rings. The molecule has 0 aliphatic carbocycles. The van der Waals surface area contributed by atoms with E-state index in [9.17, 15) is 14.0 Å². The number of nitrogens with zero attached hydrogens (tertiary/aromatic N) is 2. The molecule has 0 bridgehead atoms. The van der Waals surface area contributed by atoms with Crippen LogP contribution in [0.4, 0.5) is 15.8 Å². The van der Waals surface area contributed by atoms with Crippen LogP contribution in [0.3, 0.4) is 0 Å². The third-order valence-corrected chi connectivity index (χ3v) is 4.95. The van der Waals surface area contributed by atoms with E-state index in [0.717, 1.165) is 38.3 Å². The van der Waals surface area contributed by atoms with Gasteiger partial charge in [-0.05, 0) is 48.4 Å². The first-order valence-electron chi connectivity index (χ1n) is 9.91. The summed E-state index contributed by atoms with van der Waals surface area (Å²) in [5.41, 5.74) is 2.60. The first kappa shape index (κ1) is 21.0. The molecule has 7 heteroatoms. The van der Waals surface area contributed by atoms with Gasteiger partial charge in [0.05, 0.1) is 13.1 Å². The number of piperazine rings is 1. The number of aryl methyl sites for hydroxylation is 1. The number of rotatable bonds is 7. The summed E-state index contributed by atoms with van der Waals surface area (Å²) in [4.78, 5) is 28.6. The van der Waals surface area contributed by atoms with Crippen LogP contribution >= 0.6 is 0 Å². The summed E-state index contributed by atoms with van der Waals surface area (Å²) in [7, 11) is 0. The Labute approximate surface area is 170 Å². The van der Waals surface area contributed by atoms with E-state index in [1.807, 2.05) is 24.3 Å². The Balaban J connectivity index is 1.38. The minimum absolute atomic E-state index is 0.0271. The fourth-order valence-electron chi connectivity index (χ4n) is 3.31. The number of anilines is 2. The van der Waals surface area contributed by atoms with E-state index in [0.29, 0.717) is 12.2 Å². The largest absolute Gasteiger partial charge is 0.325 e. The summed E-state index contributed by atoms with van der Waals surface area (Å²) in [6.45, 7) is 5.59. The summed E-state index contributed by atoms with van der Waals surface area (Å²) in [6.07, 6.45) is 0.931. The molecule has 29 heavy (non-hydrogen) atoms. The van der Waals surface area contributed by atoms with E-state index >= 15 is 0 Å². The maximum absolute atomic E-state index is 12.9. The number of hydrogen-bond acceptors (Lipinski definition) is 4. The van der Waals surface area contributed by atoms with Gasteiger partial charge in [-0.15, -0.1) is 0 Å². The Morgan fingerprint density at radius 3 is 1.97 bits per heavy atom. The molecule has 0 radical (unpaired) electrons. The standard InChI is InChI=1S/C22H27FN4O2/c1-2-17-4-3-5-20(14-17)25-22(29)16-27-12-10-26(11-13-27)15-21(28)24-19-8-6-18(23)7-9-19/h3-9,14H,2,10-13,15-16H2,1H3,(H,24,28)(H,25,29). The smallest absolute Gasteiger partial charge is 0.238 e. The van der Waals surface area contributed by atoms with Crippen molar-refractivity contribution in [3.05, 3.63) is 59.9 Å². The van der Waals surface area contributed by atoms with Crippen molar-refractivity contribution in [2.45, 2.75) is 13.3 Å². The van der Waals surface area contributed by atoms with Crippen LogP contribution in [0.2, 0.25) is 0 Å². The fourth-order valence-corrected chi connectivity index (χ4v) is 3.31. The molecule has 0 saturated carbocycles. The van der Waals surface area contributed by atoms with Crippen molar-refractivity contribution in [2.75, 3.05) is 49.9 Å². The third kappa shape index (κ3) is 6.66. The number of carbonyl (C=O) groups is 2. The van der Waals surface area contributed by atoms with Gasteiger partial charge in [-0.1, -0.05) is 19.1 Å². The van der Waals surface area contributed by atoms with E-state index in [1.165, 1.54) is 17.7 Å². The third-order valence-electron chi connectivity index (χ3n) is 4.95. The van der Waals surface area contributed by atoms with Crippen LogP contribution < -0.4 is 10.6 Å². The van der Waals surface area contributed by atoms with Crippen molar-refractivity contribution in [2.24, 2.45) is 0 Å². The monoisotopic (exact) mass is 398 g/mol. The Bertz CT molecular complexity index is 833. The lowest BCUT2D eigenvalue weighted by molar-refractivity contribution is -0.120. The molecule has 0 atom stereocenters. The number of hydrogen-bond donors (Lipinski definition) is 2. The van der Waals surface area contributed by atoms with Gasteiger partial charge in [-0.3, -0.25) is 19.4 Å². The maximum Gasteiger partial charge on any atom is 0.238 e. The molecule has 2 N–H and O–H groups in total. The summed E-state index contributed by atoms with van der Waals surface area (Å²) in [5.74, 6) is -0.486. The first-order chi connectivity index (χ1) is 14.0. The molecule has 1 heterocycles. The van der Waals surface area contributed by atoms with Gasteiger partial charge in [0.2, 0.25) is 11.8 Å². The molecular weight excluding hydrogens is 371 g/mol. The summed E-state index contributed by atoms with van der Waals surface area (Å²) in [5, 5.41) is 5.73. The number of carbonyl (C=O) groups excluding carboxylic acids is 2. The van der Waals surface area contributed by atoms with Gasteiger partial charge < -0.3 is 10.6 Å². The van der Waals surface area contributed by atoms with Crippen molar-refractivity contribution < 1.29 is 14.0 Å². The van der Waals surface area contributed by atoms with Crippen LogP contribution in [0.25, 0.3) is 0 Å². The fraction of sp³-hybridized carbons (Fsp3) is 0.364. The number of benzene rings is 2. The van der Waals surface area contributed by atoms with E-state index in [2.05, 4.69) is 27.4 Å². The number of halogens is 1. The average molecular weight is 398 g/mol. The molecule has 1 aliphatic heterocycles. The van der Waals surface area contributed by atoms with Crippen molar-refractivity contribution in [3.63, 3.8) is 0 Å². The summed E-state index contributed by atoms with van der Waals surface area (Å²) < 4.78 is 12.9. The highest BCUT2D eigenvalue weighted by molar-refractivity contribution is 5.92. The topological polar surface area (TPSA) is 64.7 Å². The molecule has 3 rings (SSSR count). The minimum Gasteiger partial charge on any atom is -0.325 e. The molecule has 2 aromatic carbocycles. The van der Waals surface area contributed by atoms with Crippen molar-refractivity contribution in [1.82, 2.24) is 9.80 Å². The van der Waals surface area contributed by atoms with Gasteiger partial charge in [0, 0.05) is 37.6 Å². The molecule has 1 fully saturated rings. The molecule has 2 amide bonds. The predicted molar refractivity (Wildman–Crippen MR) is 112 cm³/mol. The van der Waals surface area contributed by atoms with Gasteiger partial charge in [-0.25, -0.2) is 4.39 Å². The van der Waals surface area contributed by atoms with Crippen LogP contribution in [0, 0.1) is 5.82 Å². The van der Waals surface area contributed by atoms with Crippen molar-refractivity contribution in [3.8, 4) is 0 Å². The molecule has 154 valence electrons. The van der Waals surface area contributed by atoms with Crippen LogP contribution in [-0.4, -0.2) is 60.9 Å². The van der Waals surface area contributed by atoms with Gasteiger partial charge in [0.25, 0.3) is 0 Å². The molecule has 1 aliphatic rings. The lowest BCUT2D eigenvalue weighted by Gasteiger charge is -2.33. The molecule has 0 spiro atoms. The summed E-state index contributed by atoms with van der Waals surface area (Å²) >= 11 is 0. The zero-order chi connectivity index (χ0) is 20.6. The SMILES string of the molecule is CCc1cccc(NC(=O)CN2CCN(CC(=O)Nc3ccc(F)cc3)CC2)c1. The molecule has 6 nitrogen and oxygen atoms in total. The highest BCUT2D eigenvalue weighted by Gasteiger charge is 2.20. The second-order valence-electron chi connectivity index (χ2n) is 7.21. The number of amides is 2. The lowest BCUT2D eigenvalue weighted by Crippen LogP contribution is -2.50. The Hall–Kier alpha value is -2.77. The maximum atomic E-state index is 12.9. The van der Waals surface area contributed by atoms with Gasteiger partial charge >= 0.3 is 0 Å². The Morgan fingerprint density at radius 1 is 0.862 bits per heavy atom. The van der Waals surface area contributed by atoms with E-state index in [4.69, 9.17) is 0 Å². The van der Waals surface area contributed by atoms with E-state index < -0.39 is 0 Å². The van der Waals surface area contributed by atoms with E-state index in [-0.39, 0.29) is 24.2 Å². The molecule has 0 unspecified atom stereocenters. The van der Waals surface area contributed by atoms with Crippen LogP contribution in [0.15, 0.2) is 48.5 Å². The highest BCUT2D eigenvalue weighted by Crippen LogP contribution is 2.12. The lowest BCUT2D eigenvalue weighted by atomic mass is 10.1.